The summed E-state index contributed by atoms with van der Waals surface area (Å²) in [6, 6.07) is 2.59. The Morgan fingerprint density at radius 3 is 2.80 bits per heavy atom. The number of amides is 1. The number of carbonyl (C=O) groups is 1. The smallest absolute Gasteiger partial charge is 0.233 e. The molecule has 15 heavy (non-hydrogen) atoms. The van der Waals surface area contributed by atoms with Crippen LogP contribution in [-0.2, 0) is 4.79 Å². The van der Waals surface area contributed by atoms with Gasteiger partial charge in [-0.15, -0.1) is 0 Å². The average molecular weight is 209 g/mol. The summed E-state index contributed by atoms with van der Waals surface area (Å²) in [4.78, 5) is 11.3. The Hall–Kier alpha value is -1.08. The third kappa shape index (κ3) is 5.38. The van der Waals surface area contributed by atoms with Gasteiger partial charge in [-0.25, -0.2) is 0 Å². The van der Waals surface area contributed by atoms with Crippen molar-refractivity contribution >= 4 is 5.91 Å². The molecule has 4 nitrogen and oxygen atoms in total. The summed E-state index contributed by atoms with van der Waals surface area (Å²) in [5, 5.41) is 14.3. The summed E-state index contributed by atoms with van der Waals surface area (Å²) in [7, 11) is 0. The highest BCUT2D eigenvalue weighted by Crippen LogP contribution is 2.17. The van der Waals surface area contributed by atoms with E-state index in [1.807, 2.05) is 0 Å². The van der Waals surface area contributed by atoms with E-state index in [1.54, 1.807) is 0 Å². The minimum atomic E-state index is 0.0415. The molecule has 0 aromatic carbocycles. The minimum Gasteiger partial charge on any atom is -0.355 e. The highest BCUT2D eigenvalue weighted by Gasteiger charge is 2.14. The number of nitrogens with zero attached hydrogens (tertiary/aromatic N) is 1. The average Bonchev–Trinajstić information content (AvgIpc) is 2.74. The molecule has 1 rings (SSSR count). The van der Waals surface area contributed by atoms with Gasteiger partial charge < -0.3 is 10.6 Å². The summed E-state index contributed by atoms with van der Waals surface area (Å²) in [6.07, 6.45) is 6.20. The van der Waals surface area contributed by atoms with Crippen molar-refractivity contribution < 1.29 is 4.79 Å². The molecular weight excluding hydrogens is 190 g/mol. The van der Waals surface area contributed by atoms with Crippen molar-refractivity contribution in [1.82, 2.24) is 10.6 Å². The normalized spacial score (nSPS) is 16.2. The van der Waals surface area contributed by atoms with E-state index >= 15 is 0 Å². The molecule has 0 aromatic rings. The highest BCUT2D eigenvalue weighted by atomic mass is 16.1. The Labute approximate surface area is 91.0 Å². The molecule has 0 unspecified atom stereocenters. The van der Waals surface area contributed by atoms with Crippen molar-refractivity contribution in [2.45, 2.75) is 44.6 Å². The van der Waals surface area contributed by atoms with Crippen LogP contribution in [0.1, 0.15) is 38.5 Å². The van der Waals surface area contributed by atoms with Gasteiger partial charge in [0, 0.05) is 19.0 Å². The molecule has 1 aliphatic carbocycles. The van der Waals surface area contributed by atoms with Gasteiger partial charge in [0.2, 0.25) is 5.91 Å². The first-order valence-electron chi connectivity index (χ1n) is 5.70. The molecule has 0 spiro atoms. The van der Waals surface area contributed by atoms with Crippen LogP contribution in [0.4, 0.5) is 0 Å². The number of hydrogen-bond donors (Lipinski definition) is 2. The van der Waals surface area contributed by atoms with Gasteiger partial charge in [-0.3, -0.25) is 4.79 Å². The molecule has 0 saturated heterocycles. The molecule has 0 bridgehead atoms. The molecule has 1 amide bonds. The van der Waals surface area contributed by atoms with E-state index in [4.69, 9.17) is 5.26 Å². The van der Waals surface area contributed by atoms with Crippen LogP contribution in [0.25, 0.3) is 0 Å². The van der Waals surface area contributed by atoms with E-state index in [9.17, 15) is 4.79 Å². The molecule has 0 aromatic heterocycles. The highest BCUT2D eigenvalue weighted by molar-refractivity contribution is 5.77. The third-order valence-electron chi connectivity index (χ3n) is 2.69. The first-order chi connectivity index (χ1) is 7.33. The standard InChI is InChI=1S/C11H19N3O/c12-7-3-4-8-13-11(15)9-14-10-5-1-2-6-10/h10,14H,1-6,8-9H2,(H,13,15). The molecule has 84 valence electrons. The van der Waals surface area contributed by atoms with Gasteiger partial charge in [-0.05, 0) is 19.3 Å². The van der Waals surface area contributed by atoms with Crippen LogP contribution in [0.2, 0.25) is 0 Å². The van der Waals surface area contributed by atoms with E-state index in [-0.39, 0.29) is 5.91 Å². The zero-order valence-electron chi connectivity index (χ0n) is 9.09. The molecule has 0 aliphatic heterocycles. The van der Waals surface area contributed by atoms with Gasteiger partial charge in [0.1, 0.15) is 0 Å². The molecule has 0 atom stereocenters. The monoisotopic (exact) mass is 209 g/mol. The maximum absolute atomic E-state index is 11.3. The van der Waals surface area contributed by atoms with Gasteiger partial charge in [0.15, 0.2) is 0 Å². The quantitative estimate of drug-likeness (QED) is 0.640. The zero-order chi connectivity index (χ0) is 10.9. The molecule has 4 heteroatoms. The fraction of sp³-hybridized carbons (Fsp3) is 0.818. The Morgan fingerprint density at radius 1 is 1.40 bits per heavy atom. The van der Waals surface area contributed by atoms with E-state index in [0.717, 1.165) is 6.42 Å². The van der Waals surface area contributed by atoms with Gasteiger partial charge in [-0.2, -0.15) is 5.26 Å². The predicted molar refractivity (Wildman–Crippen MR) is 58.1 cm³/mol. The minimum absolute atomic E-state index is 0.0415. The molecule has 1 saturated carbocycles. The fourth-order valence-electron chi connectivity index (χ4n) is 1.82. The maximum Gasteiger partial charge on any atom is 0.233 e. The summed E-state index contributed by atoms with van der Waals surface area (Å²) >= 11 is 0. The van der Waals surface area contributed by atoms with Crippen molar-refractivity contribution in [3.05, 3.63) is 0 Å². The Kier molecular flexibility index (Phi) is 5.79. The van der Waals surface area contributed by atoms with Crippen molar-refractivity contribution in [1.29, 1.82) is 5.26 Å². The molecule has 1 aliphatic rings. The van der Waals surface area contributed by atoms with Gasteiger partial charge >= 0.3 is 0 Å². The van der Waals surface area contributed by atoms with Gasteiger partial charge in [0.25, 0.3) is 0 Å². The number of unbranched alkanes of at least 4 members (excludes halogenated alkanes) is 1. The number of carbonyl (C=O) groups excluding carboxylic acids is 1. The SMILES string of the molecule is N#CCCCNC(=O)CNC1CCCC1. The van der Waals surface area contributed by atoms with Crippen molar-refractivity contribution in [3.63, 3.8) is 0 Å². The molecule has 0 heterocycles. The number of nitrogens with one attached hydrogen (secondary N) is 2. The summed E-state index contributed by atoms with van der Waals surface area (Å²) in [6.45, 7) is 1.02. The third-order valence-corrected chi connectivity index (χ3v) is 2.69. The predicted octanol–water partition coefficient (Wildman–Crippen LogP) is 0.939. The molecular formula is C11H19N3O. The number of nitriles is 1. The number of hydrogen-bond acceptors (Lipinski definition) is 3. The van der Waals surface area contributed by atoms with Crippen LogP contribution < -0.4 is 10.6 Å². The first kappa shape index (κ1) is 12.0. The lowest BCUT2D eigenvalue weighted by atomic mass is 10.2. The summed E-state index contributed by atoms with van der Waals surface area (Å²) in [5.41, 5.74) is 0. The van der Waals surface area contributed by atoms with Crippen LogP contribution in [0.3, 0.4) is 0 Å². The van der Waals surface area contributed by atoms with E-state index < -0.39 is 0 Å². The van der Waals surface area contributed by atoms with Gasteiger partial charge in [-0.1, -0.05) is 12.8 Å². The lowest BCUT2D eigenvalue weighted by Gasteiger charge is -2.11. The van der Waals surface area contributed by atoms with Gasteiger partial charge in [0.05, 0.1) is 12.6 Å². The second-order valence-electron chi connectivity index (χ2n) is 3.97. The van der Waals surface area contributed by atoms with Crippen LogP contribution >= 0.6 is 0 Å². The van der Waals surface area contributed by atoms with E-state index in [2.05, 4.69) is 16.7 Å². The van der Waals surface area contributed by atoms with Crippen LogP contribution in [-0.4, -0.2) is 25.0 Å². The first-order valence-corrected chi connectivity index (χ1v) is 5.70. The van der Waals surface area contributed by atoms with E-state index in [0.29, 0.717) is 25.6 Å². The van der Waals surface area contributed by atoms with Crippen LogP contribution in [0.15, 0.2) is 0 Å². The fourth-order valence-corrected chi connectivity index (χ4v) is 1.82. The second kappa shape index (κ2) is 7.24. The van der Waals surface area contributed by atoms with E-state index in [1.165, 1.54) is 25.7 Å². The van der Waals surface area contributed by atoms with Crippen molar-refractivity contribution in [2.75, 3.05) is 13.1 Å². The zero-order valence-corrected chi connectivity index (χ0v) is 9.09. The molecule has 0 radical (unpaired) electrons. The lowest BCUT2D eigenvalue weighted by molar-refractivity contribution is -0.120. The largest absolute Gasteiger partial charge is 0.355 e. The molecule has 1 fully saturated rings. The maximum atomic E-state index is 11.3. The summed E-state index contributed by atoms with van der Waals surface area (Å²) in [5.74, 6) is 0.0415. The Morgan fingerprint density at radius 2 is 2.13 bits per heavy atom. The summed E-state index contributed by atoms with van der Waals surface area (Å²) < 4.78 is 0. The Balaban J connectivity index is 1.96. The Bertz CT molecular complexity index is 228. The topological polar surface area (TPSA) is 64.9 Å². The van der Waals surface area contributed by atoms with Crippen molar-refractivity contribution in [2.24, 2.45) is 0 Å². The van der Waals surface area contributed by atoms with Crippen LogP contribution in [0, 0.1) is 11.3 Å². The van der Waals surface area contributed by atoms with Crippen molar-refractivity contribution in [3.8, 4) is 6.07 Å². The lowest BCUT2D eigenvalue weighted by Crippen LogP contribution is -2.38. The molecule has 2 N–H and O–H groups in total. The van der Waals surface area contributed by atoms with Crippen LogP contribution in [0.5, 0.6) is 0 Å². The number of rotatable bonds is 6. The second-order valence-corrected chi connectivity index (χ2v) is 3.97.